The molecule has 0 aliphatic carbocycles. The lowest BCUT2D eigenvalue weighted by Gasteiger charge is -2.10. The lowest BCUT2D eigenvalue weighted by Crippen LogP contribution is -2.18. The number of alkyl halides is 3. The van der Waals surface area contributed by atoms with Gasteiger partial charge in [-0.3, -0.25) is 0 Å². The summed E-state index contributed by atoms with van der Waals surface area (Å²) >= 11 is 0. The highest BCUT2D eigenvalue weighted by Crippen LogP contribution is 2.29. The second kappa shape index (κ2) is 3.65. The summed E-state index contributed by atoms with van der Waals surface area (Å²) in [6.07, 6.45) is -5.01. The molecule has 2 N–H and O–H groups in total. The van der Waals surface area contributed by atoms with Crippen molar-refractivity contribution < 1.29 is 22.3 Å². The largest absolute Gasteiger partial charge is 0.573 e. The number of anilines is 1. The molecule has 0 atom stereocenters. The summed E-state index contributed by atoms with van der Waals surface area (Å²) in [7, 11) is 0. The Hall–Kier alpha value is -1.97. The monoisotopic (exact) mass is 220 g/mol. The van der Waals surface area contributed by atoms with Crippen molar-refractivity contribution in [2.45, 2.75) is 6.36 Å². The van der Waals surface area contributed by atoms with Gasteiger partial charge in [0.2, 0.25) is 0 Å². The number of halogens is 4. The Kier molecular flexibility index (Phi) is 2.70. The van der Waals surface area contributed by atoms with Gasteiger partial charge in [0.05, 0.1) is 5.69 Å². The lowest BCUT2D eigenvalue weighted by molar-refractivity contribution is -0.275. The smallest absolute Gasteiger partial charge is 0.403 e. The van der Waals surface area contributed by atoms with E-state index in [1.807, 2.05) is 0 Å². The molecule has 0 unspecified atom stereocenters. The number of ether oxygens (including phenoxy) is 1. The van der Waals surface area contributed by atoms with E-state index in [0.717, 1.165) is 6.07 Å². The predicted octanol–water partition coefficient (Wildman–Crippen LogP) is 2.18. The maximum Gasteiger partial charge on any atom is 0.573 e. The number of nitrogens with two attached hydrogens (primary N) is 1. The molecule has 3 nitrogen and oxygen atoms in total. The second-order valence-corrected chi connectivity index (χ2v) is 2.50. The first-order chi connectivity index (χ1) is 6.85. The van der Waals surface area contributed by atoms with Crippen LogP contribution in [0.3, 0.4) is 0 Å². The molecular formula is C8H4F4N2O. The van der Waals surface area contributed by atoms with Crippen LogP contribution in [0.2, 0.25) is 0 Å². The van der Waals surface area contributed by atoms with Crippen molar-refractivity contribution in [2.24, 2.45) is 0 Å². The summed E-state index contributed by atoms with van der Waals surface area (Å²) in [5, 5.41) is 8.42. The van der Waals surface area contributed by atoms with Gasteiger partial charge < -0.3 is 10.5 Å². The van der Waals surface area contributed by atoms with E-state index in [2.05, 4.69) is 4.74 Å². The molecule has 0 spiro atoms. The third kappa shape index (κ3) is 2.49. The van der Waals surface area contributed by atoms with Gasteiger partial charge in [-0.25, -0.2) is 4.39 Å². The summed E-state index contributed by atoms with van der Waals surface area (Å²) in [6, 6.07) is 3.01. The van der Waals surface area contributed by atoms with E-state index in [1.165, 1.54) is 6.07 Å². The van der Waals surface area contributed by atoms with Crippen LogP contribution in [-0.4, -0.2) is 6.36 Å². The van der Waals surface area contributed by atoms with Crippen molar-refractivity contribution in [1.82, 2.24) is 0 Å². The quantitative estimate of drug-likeness (QED) is 0.582. The molecule has 0 aliphatic heterocycles. The molecule has 0 bridgehead atoms. The Morgan fingerprint density at radius 2 is 1.93 bits per heavy atom. The Labute approximate surface area is 81.7 Å². The third-order valence-electron chi connectivity index (χ3n) is 1.48. The van der Waals surface area contributed by atoms with E-state index in [1.54, 1.807) is 0 Å². The molecule has 1 aromatic carbocycles. The van der Waals surface area contributed by atoms with Crippen LogP contribution in [0.25, 0.3) is 0 Å². The number of nitrogens with zero attached hydrogens (tertiary/aromatic N) is 1. The molecular weight excluding hydrogens is 216 g/mol. The Morgan fingerprint density at radius 1 is 1.33 bits per heavy atom. The van der Waals surface area contributed by atoms with E-state index in [9.17, 15) is 17.6 Å². The van der Waals surface area contributed by atoms with E-state index in [-0.39, 0.29) is 5.69 Å². The Balaban J connectivity index is 3.18. The molecule has 0 radical (unpaired) electrons. The van der Waals surface area contributed by atoms with Gasteiger partial charge in [0.1, 0.15) is 11.6 Å². The minimum Gasteiger partial charge on any atom is -0.403 e. The average molecular weight is 220 g/mol. The zero-order chi connectivity index (χ0) is 11.6. The van der Waals surface area contributed by atoms with Gasteiger partial charge in [-0.2, -0.15) is 5.26 Å². The maximum atomic E-state index is 13.1. The van der Waals surface area contributed by atoms with Gasteiger partial charge in [0, 0.05) is 0 Å². The first-order valence-corrected chi connectivity index (χ1v) is 3.59. The van der Waals surface area contributed by atoms with Crippen LogP contribution in [0.1, 0.15) is 5.56 Å². The van der Waals surface area contributed by atoms with Crippen LogP contribution in [0, 0.1) is 17.1 Å². The fraction of sp³-hybridized carbons (Fsp3) is 0.125. The molecule has 1 aromatic rings. The minimum absolute atomic E-state index is 0.246. The molecule has 0 aromatic heterocycles. The topological polar surface area (TPSA) is 59.0 Å². The number of hydrogen-bond donors (Lipinski definition) is 1. The third-order valence-corrected chi connectivity index (χ3v) is 1.48. The first-order valence-electron chi connectivity index (χ1n) is 3.59. The predicted molar refractivity (Wildman–Crippen MR) is 42.2 cm³/mol. The normalized spacial score (nSPS) is 10.9. The van der Waals surface area contributed by atoms with Gasteiger partial charge in [0.15, 0.2) is 11.6 Å². The number of nitrogen functional groups attached to an aromatic ring is 1. The highest BCUT2D eigenvalue weighted by molar-refractivity contribution is 5.57. The Morgan fingerprint density at radius 3 is 2.40 bits per heavy atom. The van der Waals surface area contributed by atoms with Crippen molar-refractivity contribution in [2.75, 3.05) is 5.73 Å². The van der Waals surface area contributed by atoms with Crippen LogP contribution in [0.5, 0.6) is 5.75 Å². The SMILES string of the molecule is N#Cc1c(N)ccc(OC(F)(F)F)c1F. The van der Waals surface area contributed by atoms with E-state index >= 15 is 0 Å². The van der Waals surface area contributed by atoms with Gasteiger partial charge in [0.25, 0.3) is 0 Å². The highest BCUT2D eigenvalue weighted by Gasteiger charge is 2.33. The van der Waals surface area contributed by atoms with Crippen LogP contribution < -0.4 is 10.5 Å². The Bertz CT molecular complexity index is 422. The second-order valence-electron chi connectivity index (χ2n) is 2.50. The van der Waals surface area contributed by atoms with Gasteiger partial charge in [-0.1, -0.05) is 0 Å². The fourth-order valence-electron chi connectivity index (χ4n) is 0.889. The van der Waals surface area contributed by atoms with E-state index in [0.29, 0.717) is 6.07 Å². The maximum absolute atomic E-state index is 13.1. The molecule has 0 aliphatic rings. The number of nitriles is 1. The molecule has 7 heteroatoms. The van der Waals surface area contributed by atoms with Crippen LogP contribution in [-0.2, 0) is 0 Å². The van der Waals surface area contributed by atoms with Crippen LogP contribution in [0.15, 0.2) is 12.1 Å². The molecule has 15 heavy (non-hydrogen) atoms. The molecule has 0 saturated heterocycles. The molecule has 1 rings (SSSR count). The summed E-state index contributed by atoms with van der Waals surface area (Å²) in [6.45, 7) is 0. The van der Waals surface area contributed by atoms with Crippen LogP contribution >= 0.6 is 0 Å². The van der Waals surface area contributed by atoms with Gasteiger partial charge in [-0.05, 0) is 12.1 Å². The zero-order valence-corrected chi connectivity index (χ0v) is 7.10. The molecule has 0 heterocycles. The molecule has 0 saturated carbocycles. The fourth-order valence-corrected chi connectivity index (χ4v) is 0.889. The number of benzene rings is 1. The van der Waals surface area contributed by atoms with Gasteiger partial charge in [-0.15, -0.1) is 13.2 Å². The van der Waals surface area contributed by atoms with Crippen molar-refractivity contribution in [3.05, 3.63) is 23.5 Å². The first kappa shape index (κ1) is 11.1. The van der Waals surface area contributed by atoms with Crippen molar-refractivity contribution in [3.63, 3.8) is 0 Å². The average Bonchev–Trinajstić information content (AvgIpc) is 2.09. The summed E-state index contributed by atoms with van der Waals surface area (Å²) in [5.74, 6) is -2.50. The van der Waals surface area contributed by atoms with Crippen molar-refractivity contribution in [1.29, 1.82) is 5.26 Å². The van der Waals surface area contributed by atoms with E-state index < -0.39 is 23.5 Å². The molecule has 80 valence electrons. The molecule has 0 fully saturated rings. The summed E-state index contributed by atoms with van der Waals surface area (Å²) in [5.41, 5.74) is 4.25. The summed E-state index contributed by atoms with van der Waals surface area (Å²) < 4.78 is 51.7. The molecule has 0 amide bonds. The van der Waals surface area contributed by atoms with E-state index in [4.69, 9.17) is 11.0 Å². The van der Waals surface area contributed by atoms with Crippen molar-refractivity contribution in [3.8, 4) is 11.8 Å². The lowest BCUT2D eigenvalue weighted by atomic mass is 10.2. The summed E-state index contributed by atoms with van der Waals surface area (Å²) in [4.78, 5) is 0. The number of rotatable bonds is 1. The standard InChI is InChI=1S/C8H4F4N2O/c9-7-4(3-13)5(14)1-2-6(7)15-8(10,11)12/h1-2H,14H2. The van der Waals surface area contributed by atoms with Gasteiger partial charge >= 0.3 is 6.36 Å². The minimum atomic E-state index is -5.01. The number of hydrogen-bond acceptors (Lipinski definition) is 3. The van der Waals surface area contributed by atoms with Crippen LogP contribution in [0.4, 0.5) is 23.2 Å². The zero-order valence-electron chi connectivity index (χ0n) is 7.10. The van der Waals surface area contributed by atoms with Crippen molar-refractivity contribution >= 4 is 5.69 Å². The highest BCUT2D eigenvalue weighted by atomic mass is 19.4.